The highest BCUT2D eigenvalue weighted by molar-refractivity contribution is 7.25. The maximum atomic E-state index is 5.63. The van der Waals surface area contributed by atoms with E-state index in [1.807, 2.05) is 11.3 Å². The van der Waals surface area contributed by atoms with Crippen LogP contribution in [0.3, 0.4) is 0 Å². The van der Waals surface area contributed by atoms with Crippen LogP contribution in [0, 0.1) is 0 Å². The number of thiophene rings is 1. The lowest BCUT2D eigenvalue weighted by molar-refractivity contribution is 0.634. The fourth-order valence-electron chi connectivity index (χ4n) is 11.8. The number of rotatable bonds is 3. The molecule has 292 valence electrons. The van der Waals surface area contributed by atoms with Crippen LogP contribution < -0.4 is 0 Å². The molecule has 2 heterocycles. The molecule has 3 aliphatic carbocycles. The van der Waals surface area contributed by atoms with Crippen molar-refractivity contribution in [3.63, 3.8) is 0 Å². The molecule has 0 N–H and O–H groups in total. The van der Waals surface area contributed by atoms with E-state index in [2.05, 4.69) is 218 Å². The summed E-state index contributed by atoms with van der Waals surface area (Å²) >= 11 is 1.84. The molecule has 0 atom stereocenters. The lowest BCUT2D eigenvalue weighted by Gasteiger charge is -2.49. The van der Waals surface area contributed by atoms with Crippen LogP contribution in [-0.4, -0.2) is 9.97 Å². The Balaban J connectivity index is 1.15. The van der Waals surface area contributed by atoms with Gasteiger partial charge in [-0.1, -0.05) is 194 Å². The minimum absolute atomic E-state index is 0.587. The van der Waals surface area contributed by atoms with Crippen LogP contribution in [0.1, 0.15) is 44.5 Å². The average molecular weight is 817 g/mol. The SMILES string of the molecule is c1ccc(-c2nc(-c3ccc4sc5ccccc5c4c3)cc(-c3cccc4c3C3(c5ccccc5-c5ccccc53)c3ccccc3C43c4ccccc4-c4ccccc43)n2)cc1. The molecule has 0 fully saturated rings. The van der Waals surface area contributed by atoms with Crippen LogP contribution in [0.25, 0.3) is 76.3 Å². The van der Waals surface area contributed by atoms with E-state index in [9.17, 15) is 0 Å². The molecule has 0 aliphatic heterocycles. The van der Waals surface area contributed by atoms with Crippen LogP contribution in [0.2, 0.25) is 0 Å². The average Bonchev–Trinajstić information content (AvgIpc) is 3.98. The third kappa shape index (κ3) is 4.51. The Morgan fingerprint density at radius 2 is 0.778 bits per heavy atom. The fourth-order valence-corrected chi connectivity index (χ4v) is 12.9. The summed E-state index contributed by atoms with van der Waals surface area (Å²) < 4.78 is 2.57. The third-order valence-corrected chi connectivity index (χ3v) is 15.3. The molecule has 2 spiro atoms. The normalized spacial score (nSPS) is 14.3. The Hall–Kier alpha value is -7.72. The molecule has 9 aromatic carbocycles. The molecule has 0 unspecified atom stereocenters. The van der Waals surface area contributed by atoms with Crippen molar-refractivity contribution < 1.29 is 0 Å². The number of nitrogens with zero attached hydrogens (tertiary/aromatic N) is 2. The van der Waals surface area contributed by atoms with Gasteiger partial charge < -0.3 is 0 Å². The Morgan fingerprint density at radius 1 is 0.302 bits per heavy atom. The summed E-state index contributed by atoms with van der Waals surface area (Å²) in [6.07, 6.45) is 0. The van der Waals surface area contributed by atoms with E-state index < -0.39 is 10.8 Å². The van der Waals surface area contributed by atoms with E-state index >= 15 is 0 Å². The fraction of sp³-hybridized carbons (Fsp3) is 0.0333. The second-order valence-electron chi connectivity index (χ2n) is 17.1. The lowest BCUT2D eigenvalue weighted by Crippen LogP contribution is -2.44. The summed E-state index contributed by atoms with van der Waals surface area (Å²) in [5.41, 5.74) is 19.3. The standard InChI is InChI=1S/C60H36N2S/c1-2-17-37(18-3-1)58-61-53(38-33-34-56-45(35-38)43-23-8-15-32-55(43)63-56)36-54(62-58)44-24-16-31-52-57(44)60(48-27-11-6-21-41(48)42-22-7-12-28-49(42)60)51-30-14-13-29-50(51)59(52)46-25-9-4-19-39(46)40-20-5-10-26-47(40)59/h1-36H. The van der Waals surface area contributed by atoms with Crippen LogP contribution >= 0.6 is 11.3 Å². The summed E-state index contributed by atoms with van der Waals surface area (Å²) in [6.45, 7) is 0. The first-order chi connectivity index (χ1) is 31.2. The quantitative estimate of drug-likeness (QED) is 0.177. The molecule has 63 heavy (non-hydrogen) atoms. The first-order valence-electron chi connectivity index (χ1n) is 21.7. The second-order valence-corrected chi connectivity index (χ2v) is 18.2. The van der Waals surface area contributed by atoms with Gasteiger partial charge in [-0.15, -0.1) is 11.3 Å². The molecule has 11 aromatic rings. The van der Waals surface area contributed by atoms with Crippen molar-refractivity contribution in [2.45, 2.75) is 10.8 Å². The first-order valence-corrected chi connectivity index (χ1v) is 22.6. The molecular weight excluding hydrogens is 781 g/mol. The summed E-state index contributed by atoms with van der Waals surface area (Å²) in [4.78, 5) is 11.0. The largest absolute Gasteiger partial charge is 0.228 e. The van der Waals surface area contributed by atoms with Crippen molar-refractivity contribution in [3.05, 3.63) is 263 Å². The molecule has 0 radical (unpaired) electrons. The van der Waals surface area contributed by atoms with Crippen molar-refractivity contribution >= 4 is 31.5 Å². The monoisotopic (exact) mass is 816 g/mol. The van der Waals surface area contributed by atoms with Gasteiger partial charge in [-0.3, -0.25) is 0 Å². The van der Waals surface area contributed by atoms with Gasteiger partial charge in [0.1, 0.15) is 0 Å². The molecule has 2 nitrogen and oxygen atoms in total. The van der Waals surface area contributed by atoms with Gasteiger partial charge in [-0.25, -0.2) is 9.97 Å². The van der Waals surface area contributed by atoms with Gasteiger partial charge in [0.05, 0.1) is 22.2 Å². The molecule has 0 saturated heterocycles. The topological polar surface area (TPSA) is 25.8 Å². The number of hydrogen-bond donors (Lipinski definition) is 0. The summed E-state index contributed by atoms with van der Waals surface area (Å²) in [5.74, 6) is 0.708. The maximum Gasteiger partial charge on any atom is 0.160 e. The third-order valence-electron chi connectivity index (χ3n) is 14.2. The molecule has 0 saturated carbocycles. The van der Waals surface area contributed by atoms with Crippen LogP contribution in [0.5, 0.6) is 0 Å². The number of fused-ring (bicyclic) bond motifs is 19. The van der Waals surface area contributed by atoms with Crippen LogP contribution in [-0.2, 0) is 10.8 Å². The van der Waals surface area contributed by atoms with Gasteiger partial charge in [-0.2, -0.15) is 0 Å². The van der Waals surface area contributed by atoms with E-state index in [-0.39, 0.29) is 0 Å². The predicted octanol–water partition coefficient (Wildman–Crippen LogP) is 14.9. The van der Waals surface area contributed by atoms with E-state index in [0.29, 0.717) is 5.82 Å². The molecule has 14 rings (SSSR count). The van der Waals surface area contributed by atoms with E-state index in [0.717, 1.165) is 28.1 Å². The minimum Gasteiger partial charge on any atom is -0.228 e. The minimum atomic E-state index is -0.653. The Morgan fingerprint density at radius 3 is 1.43 bits per heavy atom. The zero-order valence-electron chi connectivity index (χ0n) is 34.1. The van der Waals surface area contributed by atoms with Crippen molar-refractivity contribution in [1.82, 2.24) is 9.97 Å². The van der Waals surface area contributed by atoms with Crippen molar-refractivity contribution in [1.29, 1.82) is 0 Å². The van der Waals surface area contributed by atoms with Crippen LogP contribution in [0.4, 0.5) is 0 Å². The highest BCUT2D eigenvalue weighted by Gasteiger charge is 2.59. The van der Waals surface area contributed by atoms with Gasteiger partial charge in [-0.05, 0) is 91.0 Å². The van der Waals surface area contributed by atoms with Gasteiger partial charge in [0.15, 0.2) is 5.82 Å². The number of hydrogen-bond acceptors (Lipinski definition) is 3. The Bertz CT molecular complexity index is 3620. The lowest BCUT2D eigenvalue weighted by atomic mass is 9.51. The molecule has 3 heteroatoms. The van der Waals surface area contributed by atoms with E-state index in [4.69, 9.17) is 9.97 Å². The first kappa shape index (κ1) is 34.9. The van der Waals surface area contributed by atoms with Crippen molar-refractivity contribution in [3.8, 4) is 56.2 Å². The summed E-state index contributed by atoms with van der Waals surface area (Å²) in [6, 6.07) is 81.1. The zero-order chi connectivity index (χ0) is 41.3. The predicted molar refractivity (Wildman–Crippen MR) is 259 cm³/mol. The van der Waals surface area contributed by atoms with Gasteiger partial charge in [0.2, 0.25) is 0 Å². The summed E-state index contributed by atoms with van der Waals surface area (Å²) in [7, 11) is 0. The Labute approximate surface area is 369 Å². The molecule has 0 amide bonds. The molecule has 3 aliphatic rings. The highest BCUT2D eigenvalue weighted by Crippen LogP contribution is 2.68. The second kappa shape index (κ2) is 12.9. The van der Waals surface area contributed by atoms with Crippen molar-refractivity contribution in [2.24, 2.45) is 0 Å². The highest BCUT2D eigenvalue weighted by atomic mass is 32.1. The number of aromatic nitrogens is 2. The molecular formula is C60H36N2S. The van der Waals surface area contributed by atoms with Gasteiger partial charge in [0.25, 0.3) is 0 Å². The van der Waals surface area contributed by atoms with Crippen molar-refractivity contribution in [2.75, 3.05) is 0 Å². The smallest absolute Gasteiger partial charge is 0.160 e. The summed E-state index contributed by atoms with van der Waals surface area (Å²) in [5, 5.41) is 2.53. The van der Waals surface area contributed by atoms with Gasteiger partial charge in [0, 0.05) is 36.9 Å². The maximum absolute atomic E-state index is 5.63. The molecule has 0 bridgehead atoms. The zero-order valence-corrected chi connectivity index (χ0v) is 34.9. The van der Waals surface area contributed by atoms with Crippen LogP contribution in [0.15, 0.2) is 218 Å². The van der Waals surface area contributed by atoms with E-state index in [1.165, 1.54) is 86.9 Å². The van der Waals surface area contributed by atoms with E-state index in [1.54, 1.807) is 0 Å². The molecule has 2 aromatic heterocycles. The number of benzene rings is 9. The Kier molecular flexibility index (Phi) is 7.15. The van der Waals surface area contributed by atoms with Gasteiger partial charge >= 0.3 is 0 Å².